The Kier molecular flexibility index (Phi) is 5.41. The van der Waals surface area contributed by atoms with Gasteiger partial charge in [-0.1, -0.05) is 55.0 Å². The summed E-state index contributed by atoms with van der Waals surface area (Å²) in [6.45, 7) is 4.22. The Morgan fingerprint density at radius 3 is 2.69 bits per heavy atom. The second kappa shape index (κ2) is 7.99. The minimum Gasteiger partial charge on any atom is -0.480 e. The minimum atomic E-state index is -0.818. The Bertz CT molecular complexity index is 998. The number of carboxylic acid groups (broad SMARTS) is 1. The van der Waals surface area contributed by atoms with Gasteiger partial charge in [0.05, 0.1) is 12.2 Å². The van der Waals surface area contributed by atoms with Crippen molar-refractivity contribution in [3.63, 3.8) is 0 Å². The van der Waals surface area contributed by atoms with Gasteiger partial charge in [0.1, 0.15) is 6.04 Å². The molecule has 2 aromatic carbocycles. The molecule has 1 fully saturated rings. The maximum atomic E-state index is 11.7. The van der Waals surface area contributed by atoms with E-state index < -0.39 is 12.0 Å². The van der Waals surface area contributed by atoms with Crippen LogP contribution in [-0.4, -0.2) is 39.3 Å². The third-order valence-electron chi connectivity index (χ3n) is 5.86. The molecule has 3 aromatic rings. The van der Waals surface area contributed by atoms with Crippen molar-refractivity contribution in [2.24, 2.45) is 5.73 Å². The molecule has 5 atom stereocenters. The lowest BCUT2D eigenvalue weighted by atomic mass is 9.96. The molecule has 1 aliphatic rings. The lowest BCUT2D eigenvalue weighted by Gasteiger charge is -2.20. The number of carbonyl (C=O) groups is 1. The maximum absolute atomic E-state index is 11.7. The zero-order valence-corrected chi connectivity index (χ0v) is 16.8. The van der Waals surface area contributed by atoms with Crippen LogP contribution in [0, 0.1) is 6.92 Å². The molecule has 1 aromatic heterocycles. The molecule has 0 radical (unpaired) electrons. The molecular formula is C23H28N4O2. The molecule has 0 saturated carbocycles. The van der Waals surface area contributed by atoms with Crippen molar-refractivity contribution in [3.8, 4) is 0 Å². The highest BCUT2D eigenvalue weighted by molar-refractivity contribution is 5.84. The first-order valence-electron chi connectivity index (χ1n) is 10.1. The number of aliphatic carboxylic acids is 1. The zero-order chi connectivity index (χ0) is 20.5. The lowest BCUT2D eigenvalue weighted by molar-refractivity contribution is -0.137. The van der Waals surface area contributed by atoms with E-state index in [0.717, 1.165) is 22.9 Å². The molecule has 0 amide bonds. The molecule has 3 unspecified atom stereocenters. The number of nitrogens with zero attached hydrogens (tertiary/aromatic N) is 1. The fourth-order valence-electron chi connectivity index (χ4n) is 4.13. The quantitative estimate of drug-likeness (QED) is 0.349. The number of hydrogen-bond donors (Lipinski definition) is 4. The standard InChI is InChI=1S/C23H28N4O2/c1-14-7-9-16(10-8-14)15(2)11-21(24)26-27-20(22(27)23(28)29)12-17-13-25-19-6-4-3-5-18(17)19/h3-10,13,15,20-22,25-26H,11-12,24H2,1-2H3,(H,28,29)/t15?,20-,21?,22-,27?/m1/s1. The first-order valence-corrected chi connectivity index (χ1v) is 10.1. The summed E-state index contributed by atoms with van der Waals surface area (Å²) >= 11 is 0. The summed E-state index contributed by atoms with van der Waals surface area (Å²) in [6.07, 6.45) is 3.06. The van der Waals surface area contributed by atoms with E-state index in [1.165, 1.54) is 11.1 Å². The van der Waals surface area contributed by atoms with Crippen molar-refractivity contribution in [1.82, 2.24) is 15.4 Å². The Labute approximate surface area is 170 Å². The normalized spacial score (nSPS) is 23.1. The number of aryl methyl sites for hydroxylation is 1. The fraction of sp³-hybridized carbons (Fsp3) is 0.348. The van der Waals surface area contributed by atoms with Gasteiger partial charge in [0.2, 0.25) is 0 Å². The van der Waals surface area contributed by atoms with Crippen molar-refractivity contribution in [2.75, 3.05) is 0 Å². The van der Waals surface area contributed by atoms with Gasteiger partial charge in [-0.05, 0) is 42.9 Å². The smallest absolute Gasteiger partial charge is 0.324 e. The summed E-state index contributed by atoms with van der Waals surface area (Å²) < 4.78 is 0. The molecule has 29 heavy (non-hydrogen) atoms. The predicted molar refractivity (Wildman–Crippen MR) is 114 cm³/mol. The predicted octanol–water partition coefficient (Wildman–Crippen LogP) is 3.14. The summed E-state index contributed by atoms with van der Waals surface area (Å²) in [5.74, 6) is -0.533. The third-order valence-corrected chi connectivity index (χ3v) is 5.86. The van der Waals surface area contributed by atoms with Gasteiger partial charge in [-0.15, -0.1) is 0 Å². The number of benzene rings is 2. The average Bonchev–Trinajstić information content (AvgIpc) is 3.20. The molecule has 4 rings (SSSR count). The van der Waals surface area contributed by atoms with E-state index in [0.29, 0.717) is 6.42 Å². The van der Waals surface area contributed by atoms with Crippen LogP contribution in [0.3, 0.4) is 0 Å². The van der Waals surface area contributed by atoms with E-state index in [-0.39, 0.29) is 18.1 Å². The number of para-hydroxylation sites is 1. The zero-order valence-electron chi connectivity index (χ0n) is 16.8. The monoisotopic (exact) mass is 392 g/mol. The van der Waals surface area contributed by atoms with Crippen LogP contribution in [0.15, 0.2) is 54.7 Å². The molecule has 1 saturated heterocycles. The van der Waals surface area contributed by atoms with Crippen molar-refractivity contribution < 1.29 is 9.90 Å². The molecule has 0 aliphatic carbocycles. The van der Waals surface area contributed by atoms with Crippen molar-refractivity contribution in [1.29, 1.82) is 0 Å². The van der Waals surface area contributed by atoms with Crippen molar-refractivity contribution in [2.45, 2.75) is 50.9 Å². The summed E-state index contributed by atoms with van der Waals surface area (Å²) in [6, 6.07) is 15.9. The molecule has 1 aliphatic heterocycles. The Morgan fingerprint density at radius 2 is 1.97 bits per heavy atom. The second-order valence-corrected chi connectivity index (χ2v) is 8.10. The lowest BCUT2D eigenvalue weighted by Crippen LogP contribution is -2.43. The Morgan fingerprint density at radius 1 is 1.24 bits per heavy atom. The molecule has 152 valence electrons. The first kappa shape index (κ1) is 19.6. The fourth-order valence-corrected chi connectivity index (χ4v) is 4.13. The molecule has 6 nitrogen and oxygen atoms in total. The van der Waals surface area contributed by atoms with E-state index in [9.17, 15) is 9.90 Å². The van der Waals surface area contributed by atoms with E-state index in [1.807, 2.05) is 24.4 Å². The van der Waals surface area contributed by atoms with Crippen LogP contribution in [0.1, 0.15) is 36.0 Å². The molecule has 2 heterocycles. The molecule has 5 N–H and O–H groups in total. The topological polar surface area (TPSA) is 94.1 Å². The van der Waals surface area contributed by atoms with Gasteiger partial charge in [0.15, 0.2) is 0 Å². The van der Waals surface area contributed by atoms with Crippen LogP contribution < -0.4 is 11.2 Å². The van der Waals surface area contributed by atoms with E-state index in [1.54, 1.807) is 5.01 Å². The number of hydrazine groups is 1. The van der Waals surface area contributed by atoms with Crippen LogP contribution in [0.2, 0.25) is 0 Å². The third kappa shape index (κ3) is 4.19. The van der Waals surface area contributed by atoms with Gasteiger partial charge >= 0.3 is 5.97 Å². The second-order valence-electron chi connectivity index (χ2n) is 8.10. The number of aromatic amines is 1. The van der Waals surface area contributed by atoms with Crippen LogP contribution in [0.4, 0.5) is 0 Å². The number of nitrogens with two attached hydrogens (primary N) is 1. The highest BCUT2D eigenvalue weighted by Gasteiger charge is 2.53. The molecule has 0 spiro atoms. The Hall–Kier alpha value is -2.67. The summed E-state index contributed by atoms with van der Waals surface area (Å²) in [7, 11) is 0. The highest BCUT2D eigenvalue weighted by atomic mass is 16.4. The minimum absolute atomic E-state index is 0.104. The van der Waals surface area contributed by atoms with Crippen LogP contribution >= 0.6 is 0 Å². The number of carboxylic acids is 1. The van der Waals surface area contributed by atoms with E-state index >= 15 is 0 Å². The molecule has 6 heteroatoms. The van der Waals surface area contributed by atoms with Gasteiger partial charge in [0, 0.05) is 17.1 Å². The van der Waals surface area contributed by atoms with Crippen molar-refractivity contribution in [3.05, 3.63) is 71.4 Å². The van der Waals surface area contributed by atoms with Crippen LogP contribution in [0.25, 0.3) is 10.9 Å². The number of rotatable bonds is 8. The van der Waals surface area contributed by atoms with Gasteiger partial charge in [-0.3, -0.25) is 4.79 Å². The molecule has 0 bridgehead atoms. The van der Waals surface area contributed by atoms with E-state index in [2.05, 4.69) is 54.6 Å². The number of aromatic nitrogens is 1. The highest BCUT2D eigenvalue weighted by Crippen LogP contribution is 2.32. The maximum Gasteiger partial charge on any atom is 0.324 e. The largest absolute Gasteiger partial charge is 0.480 e. The van der Waals surface area contributed by atoms with Crippen LogP contribution in [-0.2, 0) is 11.2 Å². The van der Waals surface area contributed by atoms with Gasteiger partial charge in [-0.2, -0.15) is 0 Å². The number of nitrogens with one attached hydrogen (secondary N) is 2. The van der Waals surface area contributed by atoms with E-state index in [4.69, 9.17) is 5.73 Å². The summed E-state index contributed by atoms with van der Waals surface area (Å²) in [5.41, 5.74) is 14.2. The van der Waals surface area contributed by atoms with Gasteiger partial charge < -0.3 is 15.8 Å². The van der Waals surface area contributed by atoms with Gasteiger partial charge in [0.25, 0.3) is 0 Å². The summed E-state index contributed by atoms with van der Waals surface area (Å²) in [5, 5.41) is 12.5. The number of fused-ring (bicyclic) bond motifs is 1. The van der Waals surface area contributed by atoms with Crippen LogP contribution in [0.5, 0.6) is 0 Å². The first-order chi connectivity index (χ1) is 13.9. The number of H-pyrrole nitrogens is 1. The van der Waals surface area contributed by atoms with Crippen molar-refractivity contribution >= 4 is 16.9 Å². The van der Waals surface area contributed by atoms with Gasteiger partial charge in [-0.25, -0.2) is 10.4 Å². The summed E-state index contributed by atoms with van der Waals surface area (Å²) in [4.78, 5) is 15.0. The number of hydrogen-bond acceptors (Lipinski definition) is 4. The Balaban J connectivity index is 1.39. The molecular weight excluding hydrogens is 364 g/mol. The average molecular weight is 393 g/mol. The SMILES string of the molecule is Cc1ccc(C(C)CC(N)NN2[C@H](Cc3c[nH]c4ccccc34)[C@@H]2C(=O)O)cc1.